The lowest BCUT2D eigenvalue weighted by molar-refractivity contribution is 0.112. The molecule has 0 spiro atoms. The zero-order chi connectivity index (χ0) is 12.1. The van der Waals surface area contributed by atoms with E-state index in [9.17, 15) is 13.9 Å². The fourth-order valence-electron chi connectivity index (χ4n) is 1.04. The molecule has 0 aliphatic rings. The van der Waals surface area contributed by atoms with Crippen LogP contribution in [0.1, 0.15) is 10.4 Å². The number of hydrogen-bond acceptors (Lipinski definition) is 3. The van der Waals surface area contributed by atoms with E-state index in [1.807, 2.05) is 0 Å². The molecule has 84 valence electrons. The van der Waals surface area contributed by atoms with Crippen molar-refractivity contribution in [2.24, 2.45) is 0 Å². The lowest BCUT2D eigenvalue weighted by Crippen LogP contribution is -1.94. The Hall–Kier alpha value is -1.39. The summed E-state index contributed by atoms with van der Waals surface area (Å²) in [6, 6.07) is 4.05. The lowest BCUT2D eigenvalue weighted by atomic mass is 10.2. The van der Waals surface area contributed by atoms with Gasteiger partial charge in [0.1, 0.15) is 0 Å². The average Bonchev–Trinajstić information content (AvgIpc) is 2.16. The highest BCUT2D eigenvalue weighted by atomic mass is 31.1. The highest BCUT2D eigenvalue weighted by Gasteiger charge is 2.17. The number of carbonyl (C=O) groups is 1. The highest BCUT2D eigenvalue weighted by Crippen LogP contribution is 2.28. The van der Waals surface area contributed by atoms with Crippen molar-refractivity contribution in [3.8, 4) is 0 Å². The molecule has 0 amide bonds. The number of benzene rings is 1. The van der Waals surface area contributed by atoms with Crippen molar-refractivity contribution in [3.63, 3.8) is 0 Å². The molecule has 9 heteroatoms. The lowest BCUT2D eigenvalue weighted by Gasteiger charge is -2.00. The molecule has 1 aromatic rings. The first-order valence-electron chi connectivity index (χ1n) is 3.97. The van der Waals surface area contributed by atoms with Crippen molar-refractivity contribution in [2.45, 2.75) is 0 Å². The number of carbonyl (C=O) groups excluding carboxylic acids is 1. The van der Waals surface area contributed by atoms with Gasteiger partial charge in [0.05, 0.1) is 11.4 Å². The van der Waals surface area contributed by atoms with E-state index in [0.29, 0.717) is 6.29 Å². The Balaban J connectivity index is 3.05. The molecule has 16 heavy (non-hydrogen) atoms. The summed E-state index contributed by atoms with van der Waals surface area (Å²) in [5, 5.41) is 4.36. The molecule has 1 rings (SSSR count). The maximum Gasteiger partial charge on any atom is 0.640 e. The van der Waals surface area contributed by atoms with Crippen molar-refractivity contribution in [1.29, 1.82) is 0 Å². The van der Waals surface area contributed by atoms with E-state index in [1.165, 1.54) is 18.2 Å². The van der Waals surface area contributed by atoms with Gasteiger partial charge in [0.15, 0.2) is 6.29 Å². The van der Waals surface area contributed by atoms with Crippen LogP contribution in [-0.2, 0) is 9.13 Å². The van der Waals surface area contributed by atoms with Gasteiger partial charge in [-0.05, 0) is 27.3 Å². The van der Waals surface area contributed by atoms with Crippen molar-refractivity contribution < 1.29 is 23.7 Å². The van der Waals surface area contributed by atoms with E-state index in [4.69, 9.17) is 9.79 Å². The number of aldehydes is 1. The molecule has 0 heterocycles. The minimum absolute atomic E-state index is 0.112. The first-order chi connectivity index (χ1) is 7.52. The number of rotatable bonds is 5. The average molecular weight is 262 g/mol. The Labute approximate surface area is 92.3 Å². The zero-order valence-electron chi connectivity index (χ0n) is 7.82. The molecule has 0 radical (unpaired) electrons. The van der Waals surface area contributed by atoms with Crippen molar-refractivity contribution in [1.82, 2.24) is 0 Å². The first kappa shape index (κ1) is 12.7. The van der Waals surface area contributed by atoms with E-state index < -0.39 is 16.4 Å². The van der Waals surface area contributed by atoms with Crippen LogP contribution in [-0.4, -0.2) is 16.1 Å². The van der Waals surface area contributed by atoms with Gasteiger partial charge in [-0.25, -0.2) is 0 Å². The molecule has 4 N–H and O–H groups in total. The summed E-state index contributed by atoms with van der Waals surface area (Å²) in [7, 11) is -5.23. The molecular formula is C7H8N2O5P2+2. The topological polar surface area (TPSA) is 116 Å². The van der Waals surface area contributed by atoms with Crippen LogP contribution in [0.4, 0.5) is 11.4 Å². The molecular weight excluding hydrogens is 254 g/mol. The second kappa shape index (κ2) is 5.63. The maximum absolute atomic E-state index is 10.6. The van der Waals surface area contributed by atoms with Gasteiger partial charge in [-0.2, -0.15) is 10.2 Å². The predicted molar refractivity (Wildman–Crippen MR) is 58.7 cm³/mol. The van der Waals surface area contributed by atoms with Gasteiger partial charge in [-0.1, -0.05) is 0 Å². The van der Waals surface area contributed by atoms with Crippen LogP contribution in [0.2, 0.25) is 0 Å². The standard InChI is InChI=1S/C7H6N2O5P2/c10-4-5-1-2-6(8-15(11)12)3-7(5)9-16(13)14/h1-4H,(H2-2,8,9,10,11,12,13,14)/p+2. The molecule has 0 fully saturated rings. The van der Waals surface area contributed by atoms with Gasteiger partial charge in [0.2, 0.25) is 0 Å². The Morgan fingerprint density at radius 2 is 1.75 bits per heavy atom. The molecule has 2 atom stereocenters. The molecule has 1 aromatic carbocycles. The third kappa shape index (κ3) is 3.64. The normalized spacial score (nSPS) is 11.6. The summed E-state index contributed by atoms with van der Waals surface area (Å²) in [4.78, 5) is 27.9. The molecule has 0 bridgehead atoms. The number of nitrogens with one attached hydrogen (secondary N) is 2. The third-order valence-electron chi connectivity index (χ3n) is 1.62. The quantitative estimate of drug-likeness (QED) is 0.470. The van der Waals surface area contributed by atoms with E-state index in [1.54, 1.807) is 0 Å². The molecule has 2 unspecified atom stereocenters. The van der Waals surface area contributed by atoms with Crippen LogP contribution in [0.3, 0.4) is 0 Å². The number of hydrogen-bond donors (Lipinski definition) is 4. The minimum Gasteiger partial charge on any atom is -0.298 e. The predicted octanol–water partition coefficient (Wildman–Crippen LogP) is 1.62. The summed E-state index contributed by atoms with van der Waals surface area (Å²) >= 11 is 0. The largest absolute Gasteiger partial charge is 0.640 e. The summed E-state index contributed by atoms with van der Waals surface area (Å²) in [6.45, 7) is 0. The summed E-state index contributed by atoms with van der Waals surface area (Å²) in [5.41, 5.74) is 0.546. The van der Waals surface area contributed by atoms with Gasteiger partial charge in [-0.3, -0.25) is 4.79 Å². The molecule has 0 aromatic heterocycles. The van der Waals surface area contributed by atoms with Gasteiger partial charge < -0.3 is 0 Å². The molecule has 0 aliphatic carbocycles. The van der Waals surface area contributed by atoms with Crippen LogP contribution < -0.4 is 10.2 Å². The third-order valence-corrected chi connectivity index (χ3v) is 2.50. The minimum atomic E-state index is -2.65. The Morgan fingerprint density at radius 1 is 1.12 bits per heavy atom. The fraction of sp³-hybridized carbons (Fsp3) is 0. The Bertz CT molecular complexity index is 450. The number of anilines is 2. The summed E-state index contributed by atoms with van der Waals surface area (Å²) < 4.78 is 21.1. The zero-order valence-corrected chi connectivity index (χ0v) is 9.61. The van der Waals surface area contributed by atoms with Crippen LogP contribution in [0.15, 0.2) is 18.2 Å². The van der Waals surface area contributed by atoms with Crippen molar-refractivity contribution in [2.75, 3.05) is 10.2 Å². The molecule has 0 aliphatic heterocycles. The SMILES string of the molecule is O=Cc1ccc(N[P+](=O)O)cc1N[P+](=O)O. The van der Waals surface area contributed by atoms with E-state index in [0.717, 1.165) is 0 Å². The highest BCUT2D eigenvalue weighted by molar-refractivity contribution is 7.40. The second-order valence-corrected chi connectivity index (χ2v) is 4.23. The maximum atomic E-state index is 10.6. The molecule has 0 saturated heterocycles. The monoisotopic (exact) mass is 262 g/mol. The van der Waals surface area contributed by atoms with Gasteiger partial charge in [-0.15, -0.1) is 9.79 Å². The van der Waals surface area contributed by atoms with Crippen LogP contribution >= 0.6 is 16.4 Å². The Morgan fingerprint density at radius 3 is 2.25 bits per heavy atom. The van der Waals surface area contributed by atoms with E-state index in [2.05, 4.69) is 10.2 Å². The van der Waals surface area contributed by atoms with Crippen LogP contribution in [0.5, 0.6) is 0 Å². The van der Waals surface area contributed by atoms with E-state index >= 15 is 0 Å². The van der Waals surface area contributed by atoms with Gasteiger partial charge >= 0.3 is 16.4 Å². The van der Waals surface area contributed by atoms with Gasteiger partial charge in [0.25, 0.3) is 0 Å². The summed E-state index contributed by atoms with van der Waals surface area (Å²) in [5.74, 6) is 0. The van der Waals surface area contributed by atoms with Crippen molar-refractivity contribution in [3.05, 3.63) is 23.8 Å². The Kier molecular flexibility index (Phi) is 4.46. The first-order valence-corrected chi connectivity index (χ1v) is 6.40. The van der Waals surface area contributed by atoms with E-state index in [-0.39, 0.29) is 16.9 Å². The van der Waals surface area contributed by atoms with Crippen LogP contribution in [0, 0.1) is 0 Å². The molecule has 7 nitrogen and oxygen atoms in total. The fourth-order valence-corrected chi connectivity index (χ4v) is 1.80. The van der Waals surface area contributed by atoms with Gasteiger partial charge in [0, 0.05) is 5.56 Å². The van der Waals surface area contributed by atoms with Crippen LogP contribution in [0.25, 0.3) is 0 Å². The second-order valence-electron chi connectivity index (χ2n) is 2.69. The molecule has 0 saturated carbocycles. The smallest absolute Gasteiger partial charge is 0.298 e. The summed E-state index contributed by atoms with van der Waals surface area (Å²) in [6.07, 6.45) is 0.504. The van der Waals surface area contributed by atoms with Crippen molar-refractivity contribution >= 4 is 34.0 Å².